The third-order valence-corrected chi connectivity index (χ3v) is 4.88. The van der Waals surface area contributed by atoms with Crippen molar-refractivity contribution in [1.82, 2.24) is 9.88 Å². The van der Waals surface area contributed by atoms with E-state index >= 15 is 0 Å². The van der Waals surface area contributed by atoms with E-state index in [1.165, 1.54) is 0 Å². The zero-order valence-electron chi connectivity index (χ0n) is 14.1. The van der Waals surface area contributed by atoms with Crippen LogP contribution in [0.25, 0.3) is 0 Å². The number of methoxy groups -OCH3 is 1. The summed E-state index contributed by atoms with van der Waals surface area (Å²) < 4.78 is 5.27. The fraction of sp³-hybridized carbons (Fsp3) is 0.0952. The summed E-state index contributed by atoms with van der Waals surface area (Å²) in [4.78, 5) is 24.0. The third kappa shape index (κ3) is 2.00. The van der Waals surface area contributed by atoms with Crippen molar-refractivity contribution in [1.29, 1.82) is 0 Å². The molecule has 1 unspecified atom stereocenters. The van der Waals surface area contributed by atoms with Crippen molar-refractivity contribution in [3.63, 3.8) is 0 Å². The summed E-state index contributed by atoms with van der Waals surface area (Å²) in [5.41, 5.74) is 4.32. The Labute approximate surface area is 150 Å². The van der Waals surface area contributed by atoms with Gasteiger partial charge in [0.2, 0.25) is 0 Å². The standard InChI is InChI=1S/C21H15N3O2/c1-26-14-8-6-13(7-9-14)19-17-12-22-11-10-18(17)23-20-15-4-2-3-5-16(15)21(25)24(19)20/h2-12,19H,1H3. The Morgan fingerprint density at radius 3 is 2.54 bits per heavy atom. The van der Waals surface area contributed by atoms with E-state index < -0.39 is 0 Å². The molecule has 0 aliphatic carbocycles. The van der Waals surface area contributed by atoms with E-state index in [4.69, 9.17) is 9.73 Å². The van der Waals surface area contributed by atoms with Gasteiger partial charge in [0.1, 0.15) is 11.6 Å². The van der Waals surface area contributed by atoms with Crippen LogP contribution in [0.4, 0.5) is 5.69 Å². The Morgan fingerprint density at radius 1 is 1.00 bits per heavy atom. The van der Waals surface area contributed by atoms with Crippen molar-refractivity contribution in [3.8, 4) is 5.75 Å². The minimum atomic E-state index is -0.267. The average molecular weight is 341 g/mol. The fourth-order valence-electron chi connectivity index (χ4n) is 3.65. The number of aromatic nitrogens is 1. The van der Waals surface area contributed by atoms with Crippen LogP contribution in [-0.2, 0) is 0 Å². The average Bonchev–Trinajstić information content (AvgIpc) is 2.99. The van der Waals surface area contributed by atoms with Crippen LogP contribution in [0.5, 0.6) is 5.75 Å². The Balaban J connectivity index is 1.74. The fourth-order valence-corrected chi connectivity index (χ4v) is 3.65. The second-order valence-electron chi connectivity index (χ2n) is 6.27. The Bertz CT molecular complexity index is 1060. The molecule has 0 radical (unpaired) electrons. The molecule has 5 heteroatoms. The molecule has 0 fully saturated rings. The number of hydrogen-bond donors (Lipinski definition) is 0. The van der Waals surface area contributed by atoms with Gasteiger partial charge in [0.05, 0.1) is 24.4 Å². The van der Waals surface area contributed by atoms with Crippen molar-refractivity contribution in [2.45, 2.75) is 6.04 Å². The maximum absolute atomic E-state index is 13.1. The van der Waals surface area contributed by atoms with Crippen LogP contribution in [0.15, 0.2) is 72.0 Å². The van der Waals surface area contributed by atoms with Crippen molar-refractivity contribution in [2.24, 2.45) is 4.99 Å². The predicted octanol–water partition coefficient (Wildman–Crippen LogP) is 3.73. The quantitative estimate of drug-likeness (QED) is 0.714. The van der Waals surface area contributed by atoms with Gasteiger partial charge in [-0.25, -0.2) is 4.99 Å². The van der Waals surface area contributed by atoms with Gasteiger partial charge < -0.3 is 4.74 Å². The summed E-state index contributed by atoms with van der Waals surface area (Å²) in [5, 5.41) is 0. The molecule has 126 valence electrons. The highest BCUT2D eigenvalue weighted by Crippen LogP contribution is 2.43. The molecule has 0 N–H and O–H groups in total. The van der Waals surface area contributed by atoms with Crippen molar-refractivity contribution < 1.29 is 9.53 Å². The van der Waals surface area contributed by atoms with Crippen molar-refractivity contribution in [3.05, 3.63) is 89.2 Å². The molecule has 0 saturated heterocycles. The van der Waals surface area contributed by atoms with E-state index in [-0.39, 0.29) is 11.9 Å². The molecule has 0 bridgehead atoms. The Morgan fingerprint density at radius 2 is 1.77 bits per heavy atom. The van der Waals surface area contributed by atoms with Gasteiger partial charge in [0.25, 0.3) is 5.91 Å². The lowest BCUT2D eigenvalue weighted by Crippen LogP contribution is -2.37. The number of carbonyl (C=O) groups excluding carboxylic acids is 1. The first-order chi connectivity index (χ1) is 12.8. The van der Waals surface area contributed by atoms with Gasteiger partial charge in [-0.1, -0.05) is 30.3 Å². The van der Waals surface area contributed by atoms with E-state index in [0.29, 0.717) is 11.4 Å². The highest BCUT2D eigenvalue weighted by molar-refractivity contribution is 6.24. The van der Waals surface area contributed by atoms with Crippen molar-refractivity contribution >= 4 is 17.4 Å². The Kier molecular flexibility index (Phi) is 3.15. The molecule has 1 aromatic heterocycles. The number of amidine groups is 1. The maximum Gasteiger partial charge on any atom is 0.261 e. The van der Waals surface area contributed by atoms with E-state index in [1.807, 2.05) is 54.6 Å². The van der Waals surface area contributed by atoms with Crippen LogP contribution in [0, 0.1) is 0 Å². The van der Waals surface area contributed by atoms with Crippen molar-refractivity contribution in [2.75, 3.05) is 7.11 Å². The van der Waals surface area contributed by atoms with Gasteiger partial charge >= 0.3 is 0 Å². The molecule has 1 atom stereocenters. The number of rotatable bonds is 2. The number of nitrogens with zero attached hydrogens (tertiary/aromatic N) is 3. The summed E-state index contributed by atoms with van der Waals surface area (Å²) in [6.45, 7) is 0. The lowest BCUT2D eigenvalue weighted by molar-refractivity contribution is 0.0831. The predicted molar refractivity (Wildman–Crippen MR) is 97.9 cm³/mol. The van der Waals surface area contributed by atoms with Gasteiger partial charge in [-0.3, -0.25) is 14.7 Å². The SMILES string of the molecule is COc1ccc(C2c3cnccc3N=C3c4ccccc4C(=O)N32)cc1. The summed E-state index contributed by atoms with van der Waals surface area (Å²) in [6, 6.07) is 17.0. The first-order valence-corrected chi connectivity index (χ1v) is 8.37. The lowest BCUT2D eigenvalue weighted by atomic mass is 9.95. The smallest absolute Gasteiger partial charge is 0.261 e. The molecule has 2 aromatic carbocycles. The molecule has 26 heavy (non-hydrogen) atoms. The van der Waals surface area contributed by atoms with E-state index in [0.717, 1.165) is 28.1 Å². The van der Waals surface area contributed by atoms with Gasteiger partial charge in [-0.2, -0.15) is 0 Å². The number of hydrogen-bond acceptors (Lipinski definition) is 4. The number of carbonyl (C=O) groups is 1. The highest BCUT2D eigenvalue weighted by Gasteiger charge is 2.42. The molecule has 0 saturated carbocycles. The van der Waals surface area contributed by atoms with Crippen LogP contribution < -0.4 is 4.74 Å². The number of benzene rings is 2. The summed E-state index contributed by atoms with van der Waals surface area (Å²) >= 11 is 0. The molecule has 3 heterocycles. The minimum absolute atomic E-state index is 0.0327. The normalized spacial score (nSPS) is 17.3. The second-order valence-corrected chi connectivity index (χ2v) is 6.27. The summed E-state index contributed by atoms with van der Waals surface area (Å²) in [6.07, 6.45) is 3.52. The highest BCUT2D eigenvalue weighted by atomic mass is 16.5. The molecular formula is C21H15N3O2. The second kappa shape index (κ2) is 5.52. The zero-order chi connectivity index (χ0) is 17.7. The first kappa shape index (κ1) is 14.8. The number of fused-ring (bicyclic) bond motifs is 4. The first-order valence-electron chi connectivity index (χ1n) is 8.37. The zero-order valence-corrected chi connectivity index (χ0v) is 14.1. The molecule has 5 nitrogen and oxygen atoms in total. The maximum atomic E-state index is 13.1. The summed E-state index contributed by atoms with van der Waals surface area (Å²) in [5.74, 6) is 1.45. The molecule has 1 amide bonds. The largest absolute Gasteiger partial charge is 0.497 e. The third-order valence-electron chi connectivity index (χ3n) is 4.88. The van der Waals surface area contributed by atoms with E-state index in [1.54, 1.807) is 24.4 Å². The molecule has 2 aliphatic heterocycles. The van der Waals surface area contributed by atoms with Gasteiger partial charge in [0.15, 0.2) is 0 Å². The molecule has 5 rings (SSSR count). The number of pyridine rings is 1. The molecule has 3 aromatic rings. The summed E-state index contributed by atoms with van der Waals surface area (Å²) in [7, 11) is 1.64. The van der Waals surface area contributed by atoms with Crippen LogP contribution >= 0.6 is 0 Å². The number of ether oxygens (including phenoxy) is 1. The van der Waals surface area contributed by atoms with Crippen LogP contribution in [0.2, 0.25) is 0 Å². The number of amides is 1. The lowest BCUT2D eigenvalue weighted by Gasteiger charge is -2.33. The molecule has 0 spiro atoms. The Hall–Kier alpha value is -3.47. The van der Waals surface area contributed by atoms with Crippen LogP contribution in [0.1, 0.15) is 33.1 Å². The van der Waals surface area contributed by atoms with Crippen LogP contribution in [-0.4, -0.2) is 28.7 Å². The van der Waals surface area contributed by atoms with E-state index in [2.05, 4.69) is 4.98 Å². The van der Waals surface area contributed by atoms with Gasteiger partial charge in [-0.05, 0) is 29.8 Å². The minimum Gasteiger partial charge on any atom is -0.497 e. The topological polar surface area (TPSA) is 54.8 Å². The monoisotopic (exact) mass is 341 g/mol. The van der Waals surface area contributed by atoms with Gasteiger partial charge in [-0.15, -0.1) is 0 Å². The molecular weight excluding hydrogens is 326 g/mol. The molecule has 2 aliphatic rings. The number of aliphatic imine (C=N–C) groups is 1. The van der Waals surface area contributed by atoms with Gasteiger partial charge in [0, 0.05) is 23.5 Å². The van der Waals surface area contributed by atoms with Crippen LogP contribution in [0.3, 0.4) is 0 Å². The van der Waals surface area contributed by atoms with E-state index in [9.17, 15) is 4.79 Å².